The van der Waals surface area contributed by atoms with Gasteiger partial charge in [-0.05, 0) is 73.0 Å². The van der Waals surface area contributed by atoms with Crippen molar-refractivity contribution in [2.75, 3.05) is 6.54 Å². The number of esters is 1. The van der Waals surface area contributed by atoms with Crippen molar-refractivity contribution in [1.82, 2.24) is 10.0 Å². The maximum Gasteiger partial charge on any atom is 0.343 e. The smallest absolute Gasteiger partial charge is 0.343 e. The van der Waals surface area contributed by atoms with Crippen LogP contribution in [0.15, 0.2) is 84.9 Å². The molecular weight excluding hydrogens is 578 g/mol. The van der Waals surface area contributed by atoms with Gasteiger partial charge in [0, 0.05) is 28.3 Å². The van der Waals surface area contributed by atoms with Crippen LogP contribution in [0.1, 0.15) is 44.4 Å². The fourth-order valence-electron chi connectivity index (χ4n) is 5.17. The molecule has 3 amide bonds. The fourth-order valence-corrected chi connectivity index (χ4v) is 5.29. The molecular formula is C31H24ClN3O8. The van der Waals surface area contributed by atoms with Crippen molar-refractivity contribution in [1.29, 1.82) is 0 Å². The van der Waals surface area contributed by atoms with Crippen LogP contribution in [-0.4, -0.2) is 51.0 Å². The second-order valence-electron chi connectivity index (χ2n) is 10.2. The van der Waals surface area contributed by atoms with Crippen LogP contribution in [0.4, 0.5) is 5.69 Å². The quantitative estimate of drug-likeness (QED) is 0.0674. The van der Waals surface area contributed by atoms with E-state index in [1.165, 1.54) is 72.8 Å². The van der Waals surface area contributed by atoms with Gasteiger partial charge < -0.3 is 4.74 Å². The Kier molecular flexibility index (Phi) is 8.18. The molecule has 1 aliphatic heterocycles. The summed E-state index contributed by atoms with van der Waals surface area (Å²) in [4.78, 5) is 76.6. The molecule has 0 N–H and O–H groups in total. The van der Waals surface area contributed by atoms with Crippen molar-refractivity contribution in [2.24, 2.45) is 17.8 Å². The van der Waals surface area contributed by atoms with Gasteiger partial charge in [0.05, 0.1) is 22.3 Å². The predicted molar refractivity (Wildman–Crippen MR) is 153 cm³/mol. The third-order valence-electron chi connectivity index (χ3n) is 7.41. The lowest BCUT2D eigenvalue weighted by atomic mass is 9.78. The van der Waals surface area contributed by atoms with Crippen LogP contribution in [-0.2, 0) is 9.59 Å². The topological polar surface area (TPSA) is 144 Å². The number of non-ortho nitro benzene ring substituents is 1. The van der Waals surface area contributed by atoms with Gasteiger partial charge in [0.2, 0.25) is 0 Å². The first-order chi connectivity index (χ1) is 20.5. The summed E-state index contributed by atoms with van der Waals surface area (Å²) in [5.74, 6) is -4.54. The number of imide groups is 1. The normalized spacial score (nSPS) is 19.1. The molecule has 218 valence electrons. The lowest BCUT2D eigenvalue weighted by molar-refractivity contribution is -0.384. The number of nitrogens with zero attached hydrogens (tertiary/aromatic N) is 3. The second-order valence-corrected chi connectivity index (χ2v) is 10.6. The molecule has 11 nitrogen and oxygen atoms in total. The molecule has 1 heterocycles. The monoisotopic (exact) mass is 601 g/mol. The molecule has 3 aromatic carbocycles. The number of rotatable bonds is 8. The van der Waals surface area contributed by atoms with E-state index in [-0.39, 0.29) is 34.0 Å². The summed E-state index contributed by atoms with van der Waals surface area (Å²) < 4.78 is 5.30. The van der Waals surface area contributed by atoms with Crippen molar-refractivity contribution in [2.45, 2.75) is 13.3 Å². The Morgan fingerprint density at radius 2 is 1.53 bits per heavy atom. The zero-order chi connectivity index (χ0) is 30.8. The zero-order valence-corrected chi connectivity index (χ0v) is 23.5. The molecule has 1 aliphatic carbocycles. The molecule has 2 aliphatic rings. The minimum Gasteiger partial charge on any atom is -0.423 e. The highest BCUT2D eigenvalue weighted by Crippen LogP contribution is 2.39. The predicted octanol–water partition coefficient (Wildman–Crippen LogP) is 4.90. The first-order valence-electron chi connectivity index (χ1n) is 13.3. The Balaban J connectivity index is 1.35. The highest BCUT2D eigenvalue weighted by atomic mass is 35.5. The van der Waals surface area contributed by atoms with Crippen LogP contribution in [0.2, 0.25) is 5.02 Å². The van der Waals surface area contributed by atoms with Gasteiger partial charge in [-0.3, -0.25) is 29.3 Å². The summed E-state index contributed by atoms with van der Waals surface area (Å²) in [6.07, 6.45) is 4.06. The zero-order valence-electron chi connectivity index (χ0n) is 22.7. The molecule has 0 spiro atoms. The molecule has 12 heteroatoms. The van der Waals surface area contributed by atoms with E-state index in [0.29, 0.717) is 11.4 Å². The van der Waals surface area contributed by atoms with Crippen LogP contribution >= 0.6 is 11.6 Å². The van der Waals surface area contributed by atoms with Gasteiger partial charge in [0.25, 0.3) is 23.4 Å². The van der Waals surface area contributed by atoms with Crippen LogP contribution in [0.3, 0.4) is 0 Å². The van der Waals surface area contributed by atoms with Gasteiger partial charge in [0.15, 0.2) is 5.78 Å². The molecule has 1 saturated heterocycles. The van der Waals surface area contributed by atoms with Crippen molar-refractivity contribution in [3.8, 4) is 5.75 Å². The molecule has 43 heavy (non-hydrogen) atoms. The number of halogens is 1. The number of Topliss-reactive ketones (excluding diaryl/α,β-unsaturated/α-hetero) is 1. The Morgan fingerprint density at radius 1 is 0.930 bits per heavy atom. The van der Waals surface area contributed by atoms with E-state index in [1.807, 2.05) is 19.1 Å². The van der Waals surface area contributed by atoms with E-state index < -0.39 is 52.8 Å². The minimum atomic E-state index is -0.759. The summed E-state index contributed by atoms with van der Waals surface area (Å²) in [5, 5.41) is 12.9. The van der Waals surface area contributed by atoms with Crippen molar-refractivity contribution in [3.63, 3.8) is 0 Å². The maximum atomic E-state index is 13.6. The summed E-state index contributed by atoms with van der Waals surface area (Å²) in [6, 6.07) is 16.3. The number of ketones is 1. The number of amides is 3. The average molecular weight is 602 g/mol. The Bertz CT molecular complexity index is 1650. The average Bonchev–Trinajstić information content (AvgIpc) is 3.26. The van der Waals surface area contributed by atoms with Crippen molar-refractivity contribution < 1.29 is 33.6 Å². The number of benzene rings is 3. The molecule has 0 aromatic heterocycles. The van der Waals surface area contributed by atoms with Gasteiger partial charge in [-0.15, -0.1) is 0 Å². The summed E-state index contributed by atoms with van der Waals surface area (Å²) in [6.45, 7) is 1.22. The molecule has 1 fully saturated rings. The Labute approximate surface area is 250 Å². The largest absolute Gasteiger partial charge is 0.423 e. The fraction of sp³-hybridized carbons (Fsp3) is 0.194. The molecule has 0 bridgehead atoms. The van der Waals surface area contributed by atoms with Crippen LogP contribution in [0.25, 0.3) is 0 Å². The number of carbonyl (C=O) groups is 5. The number of hydrazine groups is 1. The summed E-state index contributed by atoms with van der Waals surface area (Å²) in [7, 11) is 0. The minimum absolute atomic E-state index is 0.0899. The molecule has 3 aromatic rings. The molecule has 0 radical (unpaired) electrons. The van der Waals surface area contributed by atoms with E-state index in [4.69, 9.17) is 16.3 Å². The number of fused-ring (bicyclic) bond motifs is 1. The van der Waals surface area contributed by atoms with E-state index >= 15 is 0 Å². The summed E-state index contributed by atoms with van der Waals surface area (Å²) in [5.41, 5.74) is 0.181. The third-order valence-corrected chi connectivity index (χ3v) is 7.66. The highest BCUT2D eigenvalue weighted by Gasteiger charge is 2.53. The second kappa shape index (κ2) is 12.0. The standard InChI is InChI=1S/C31H24ClN3O8/c1-18-3-2-4-25-27(18)30(39)34(29(25)38)33(28(37)20-5-11-22(32)12-6-20)17-26(36)19-9-15-24(16-10-19)43-31(40)21-7-13-23(14-8-21)35(41)42/h2-3,5-16,18,25,27H,4,17H2,1H3/t18-,25-,27+/m1/s1. The molecule has 0 unspecified atom stereocenters. The van der Waals surface area contributed by atoms with Gasteiger partial charge in [-0.25, -0.2) is 9.80 Å². The van der Waals surface area contributed by atoms with Gasteiger partial charge in [-0.2, -0.15) is 5.01 Å². The SMILES string of the molecule is C[C@@H]1C=CC[C@H]2C(=O)N(N(CC(=O)c3ccc(OC(=O)c4ccc([N+](=O)[O-])cc4)cc3)C(=O)c3ccc(Cl)cc3)C(=O)[C@@H]12. The molecule has 0 saturated carbocycles. The number of allylic oxidation sites excluding steroid dienone is 2. The lowest BCUT2D eigenvalue weighted by Gasteiger charge is -2.30. The molecule has 5 rings (SSSR count). The highest BCUT2D eigenvalue weighted by molar-refractivity contribution is 6.30. The van der Waals surface area contributed by atoms with E-state index in [9.17, 15) is 34.1 Å². The maximum absolute atomic E-state index is 13.6. The number of carbonyl (C=O) groups excluding carboxylic acids is 5. The first kappa shape index (κ1) is 29.3. The Hall–Kier alpha value is -5.16. The van der Waals surface area contributed by atoms with Gasteiger partial charge >= 0.3 is 5.97 Å². The number of nitro benzene ring substituents is 1. The third kappa shape index (κ3) is 5.93. The van der Waals surface area contributed by atoms with Gasteiger partial charge in [-0.1, -0.05) is 30.7 Å². The van der Waals surface area contributed by atoms with E-state index in [1.54, 1.807) is 0 Å². The first-order valence-corrected chi connectivity index (χ1v) is 13.6. The van der Waals surface area contributed by atoms with E-state index in [0.717, 1.165) is 10.0 Å². The van der Waals surface area contributed by atoms with Crippen LogP contribution in [0, 0.1) is 27.9 Å². The number of ether oxygens (including phenoxy) is 1. The van der Waals surface area contributed by atoms with Crippen molar-refractivity contribution >= 4 is 46.8 Å². The Morgan fingerprint density at radius 3 is 2.14 bits per heavy atom. The van der Waals surface area contributed by atoms with E-state index in [2.05, 4.69) is 0 Å². The number of nitro groups is 1. The van der Waals surface area contributed by atoms with Gasteiger partial charge in [0.1, 0.15) is 12.3 Å². The number of hydrogen-bond donors (Lipinski definition) is 0. The number of hydrogen-bond acceptors (Lipinski definition) is 8. The van der Waals surface area contributed by atoms with Crippen molar-refractivity contribution in [3.05, 3.63) is 117 Å². The van der Waals surface area contributed by atoms with Crippen LogP contribution in [0.5, 0.6) is 5.75 Å². The van der Waals surface area contributed by atoms with Crippen LogP contribution < -0.4 is 4.74 Å². The summed E-state index contributed by atoms with van der Waals surface area (Å²) >= 11 is 5.97. The lowest BCUT2D eigenvalue weighted by Crippen LogP contribution is -2.52. The molecule has 3 atom stereocenters.